The van der Waals surface area contributed by atoms with E-state index in [-0.39, 0.29) is 5.75 Å². The second-order valence-electron chi connectivity index (χ2n) is 2.45. The number of hydrogen-bond donors (Lipinski definition) is 1. The molecule has 0 atom stereocenters. The predicted octanol–water partition coefficient (Wildman–Crippen LogP) is 2.67. The first-order valence-corrected chi connectivity index (χ1v) is 5.10. The van der Waals surface area contributed by atoms with E-state index in [0.29, 0.717) is 4.47 Å². The molecule has 1 aromatic heterocycles. The van der Waals surface area contributed by atoms with Gasteiger partial charge in [0.05, 0.1) is 15.5 Å². The van der Waals surface area contributed by atoms with Gasteiger partial charge in [0, 0.05) is 0 Å². The van der Waals surface area contributed by atoms with E-state index >= 15 is 0 Å². The Hall–Kier alpha value is -0.940. The molecule has 0 saturated carbocycles. The number of phenols is 1. The van der Waals surface area contributed by atoms with E-state index in [0.717, 1.165) is 10.4 Å². The van der Waals surface area contributed by atoms with Crippen molar-refractivity contribution in [3.8, 4) is 16.2 Å². The average Bonchev–Trinajstić information content (AvgIpc) is 2.62. The van der Waals surface area contributed by atoms with Crippen LogP contribution in [-0.4, -0.2) is 14.7 Å². The van der Waals surface area contributed by atoms with Crippen molar-refractivity contribution in [1.29, 1.82) is 0 Å². The molecule has 1 heterocycles. The minimum atomic E-state index is 0.237. The van der Waals surface area contributed by atoms with Gasteiger partial charge in [0.2, 0.25) is 0 Å². The Morgan fingerprint density at radius 3 is 2.85 bits per heavy atom. The van der Waals surface area contributed by atoms with Gasteiger partial charge in [0.25, 0.3) is 0 Å². The molecular weight excluding hydrogens is 252 g/mol. The highest BCUT2D eigenvalue weighted by molar-refractivity contribution is 9.10. The minimum Gasteiger partial charge on any atom is -0.507 e. The fourth-order valence-corrected chi connectivity index (χ4v) is 1.84. The summed E-state index contributed by atoms with van der Waals surface area (Å²) in [6, 6.07) is 5.30. The Labute approximate surface area is 87.3 Å². The van der Waals surface area contributed by atoms with E-state index in [9.17, 15) is 5.11 Å². The maximum atomic E-state index is 9.27. The molecule has 3 nitrogen and oxygen atoms in total. The normalized spacial score (nSPS) is 10.2. The molecule has 66 valence electrons. The molecule has 2 aromatic rings. The zero-order valence-corrected chi connectivity index (χ0v) is 8.84. The minimum absolute atomic E-state index is 0.237. The monoisotopic (exact) mass is 256 g/mol. The van der Waals surface area contributed by atoms with Crippen molar-refractivity contribution in [2.24, 2.45) is 0 Å². The van der Waals surface area contributed by atoms with Crippen molar-refractivity contribution in [3.05, 3.63) is 28.9 Å². The predicted molar refractivity (Wildman–Crippen MR) is 54.7 cm³/mol. The first-order valence-electron chi connectivity index (χ1n) is 3.53. The summed E-state index contributed by atoms with van der Waals surface area (Å²) in [5.41, 5.74) is 1.000. The van der Waals surface area contributed by atoms with Gasteiger partial charge in [-0.15, -0.1) is 5.10 Å². The lowest BCUT2D eigenvalue weighted by atomic mass is 10.2. The van der Waals surface area contributed by atoms with Crippen molar-refractivity contribution in [2.75, 3.05) is 0 Å². The summed E-state index contributed by atoms with van der Waals surface area (Å²) in [7, 11) is 0. The van der Waals surface area contributed by atoms with Crippen LogP contribution in [0, 0.1) is 0 Å². The van der Waals surface area contributed by atoms with Crippen molar-refractivity contribution >= 4 is 27.5 Å². The molecule has 0 amide bonds. The number of hydrogen-bond acceptors (Lipinski definition) is 4. The van der Waals surface area contributed by atoms with Gasteiger partial charge in [-0.25, -0.2) is 0 Å². The highest BCUT2D eigenvalue weighted by Crippen LogP contribution is 2.30. The van der Waals surface area contributed by atoms with Crippen LogP contribution in [0.15, 0.2) is 28.9 Å². The highest BCUT2D eigenvalue weighted by Gasteiger charge is 2.03. The van der Waals surface area contributed by atoms with Crippen LogP contribution >= 0.6 is 27.5 Å². The molecule has 2 rings (SSSR count). The second kappa shape index (κ2) is 3.43. The van der Waals surface area contributed by atoms with Gasteiger partial charge in [0.15, 0.2) is 0 Å². The third-order valence-corrected chi connectivity index (χ3v) is 2.94. The van der Waals surface area contributed by atoms with Crippen molar-refractivity contribution in [2.45, 2.75) is 0 Å². The molecule has 0 bridgehead atoms. The molecule has 13 heavy (non-hydrogen) atoms. The summed E-state index contributed by atoms with van der Waals surface area (Å²) >= 11 is 4.57. The molecular formula is C8H5BrN2OS. The van der Waals surface area contributed by atoms with Gasteiger partial charge in [0.1, 0.15) is 5.75 Å². The number of aromatic hydroxyl groups is 1. The van der Waals surface area contributed by atoms with Crippen molar-refractivity contribution in [1.82, 2.24) is 9.59 Å². The molecule has 1 aromatic carbocycles. The molecule has 0 saturated heterocycles. The fourth-order valence-electron chi connectivity index (χ4n) is 0.955. The van der Waals surface area contributed by atoms with Crippen LogP contribution in [0.25, 0.3) is 10.4 Å². The van der Waals surface area contributed by atoms with Gasteiger partial charge < -0.3 is 5.11 Å². The zero-order chi connectivity index (χ0) is 9.26. The summed E-state index contributed by atoms with van der Waals surface area (Å²) in [5.74, 6) is 0.237. The summed E-state index contributed by atoms with van der Waals surface area (Å²) in [6.07, 6.45) is 1.70. The quantitative estimate of drug-likeness (QED) is 0.854. The van der Waals surface area contributed by atoms with Gasteiger partial charge in [-0.3, -0.25) is 0 Å². The van der Waals surface area contributed by atoms with Crippen LogP contribution in [0.1, 0.15) is 0 Å². The van der Waals surface area contributed by atoms with Crippen LogP contribution < -0.4 is 0 Å². The Morgan fingerprint density at radius 2 is 2.23 bits per heavy atom. The molecule has 0 spiro atoms. The number of phenolic OH excluding ortho intramolecular Hbond substituents is 1. The molecule has 0 aliphatic carbocycles. The van der Waals surface area contributed by atoms with Crippen molar-refractivity contribution < 1.29 is 5.11 Å². The van der Waals surface area contributed by atoms with Crippen LogP contribution in [0.3, 0.4) is 0 Å². The van der Waals surface area contributed by atoms with Gasteiger partial charge in [-0.1, -0.05) is 4.49 Å². The van der Waals surface area contributed by atoms with Gasteiger partial charge >= 0.3 is 0 Å². The van der Waals surface area contributed by atoms with Crippen LogP contribution in [-0.2, 0) is 0 Å². The van der Waals surface area contributed by atoms with Crippen LogP contribution in [0.5, 0.6) is 5.75 Å². The molecule has 5 heteroatoms. The number of halogens is 1. The van der Waals surface area contributed by atoms with Crippen molar-refractivity contribution in [3.63, 3.8) is 0 Å². The molecule has 0 aliphatic heterocycles. The fraction of sp³-hybridized carbons (Fsp3) is 0. The first-order chi connectivity index (χ1) is 6.27. The lowest BCUT2D eigenvalue weighted by Crippen LogP contribution is -1.73. The summed E-state index contributed by atoms with van der Waals surface area (Å²) in [5, 5.41) is 13.0. The molecule has 0 aliphatic rings. The highest BCUT2D eigenvalue weighted by atomic mass is 79.9. The Bertz CT molecular complexity index is 416. The second-order valence-corrected chi connectivity index (χ2v) is 4.09. The maximum absolute atomic E-state index is 9.27. The third-order valence-electron chi connectivity index (χ3n) is 1.59. The van der Waals surface area contributed by atoms with E-state index in [2.05, 4.69) is 25.5 Å². The Kier molecular flexibility index (Phi) is 2.28. The molecule has 0 unspecified atom stereocenters. The number of benzene rings is 1. The zero-order valence-electron chi connectivity index (χ0n) is 6.44. The topological polar surface area (TPSA) is 46.0 Å². The third kappa shape index (κ3) is 1.71. The first kappa shape index (κ1) is 8.65. The van der Waals surface area contributed by atoms with Gasteiger partial charge in [-0.05, 0) is 51.2 Å². The molecule has 0 fully saturated rings. The number of aromatic nitrogens is 2. The summed E-state index contributed by atoms with van der Waals surface area (Å²) in [4.78, 5) is 0.987. The van der Waals surface area contributed by atoms with Crippen LogP contribution in [0.2, 0.25) is 0 Å². The van der Waals surface area contributed by atoms with E-state index in [1.54, 1.807) is 12.3 Å². The largest absolute Gasteiger partial charge is 0.507 e. The average molecular weight is 257 g/mol. The summed E-state index contributed by atoms with van der Waals surface area (Å²) < 4.78 is 4.44. The lowest BCUT2D eigenvalue weighted by Gasteiger charge is -1.98. The summed E-state index contributed by atoms with van der Waals surface area (Å²) in [6.45, 7) is 0. The van der Waals surface area contributed by atoms with E-state index in [4.69, 9.17) is 0 Å². The van der Waals surface area contributed by atoms with E-state index in [1.807, 2.05) is 12.1 Å². The standard InChI is InChI=1S/C8H5BrN2OS/c9-6-3-5(1-2-7(6)12)8-4-10-11-13-8/h1-4,12H. The molecule has 1 N–H and O–H groups in total. The smallest absolute Gasteiger partial charge is 0.129 e. The van der Waals surface area contributed by atoms with E-state index in [1.165, 1.54) is 11.5 Å². The Balaban J connectivity index is 2.49. The maximum Gasteiger partial charge on any atom is 0.129 e. The lowest BCUT2D eigenvalue weighted by molar-refractivity contribution is 0.472. The number of rotatable bonds is 1. The Morgan fingerprint density at radius 1 is 1.38 bits per heavy atom. The van der Waals surface area contributed by atoms with E-state index < -0.39 is 0 Å². The molecule has 0 radical (unpaired) electrons. The van der Waals surface area contributed by atoms with Gasteiger partial charge in [-0.2, -0.15) is 0 Å². The SMILES string of the molecule is Oc1ccc(-c2cnns2)cc1Br. The van der Waals surface area contributed by atoms with Crippen LogP contribution in [0.4, 0.5) is 0 Å². The number of nitrogens with zero attached hydrogens (tertiary/aromatic N) is 2.